The Hall–Kier alpha value is -2.69. The normalized spacial score (nSPS) is 22.5. The number of likely N-dealkylation sites (tertiary alicyclic amines) is 1. The van der Waals surface area contributed by atoms with E-state index >= 15 is 0 Å². The molecule has 1 N–H and O–H groups in total. The van der Waals surface area contributed by atoms with Crippen molar-refractivity contribution in [2.45, 2.75) is 56.8 Å². The van der Waals surface area contributed by atoms with Crippen LogP contribution < -0.4 is 5.32 Å². The van der Waals surface area contributed by atoms with Crippen LogP contribution in [0.25, 0.3) is 0 Å². The molecule has 2 amide bonds. The van der Waals surface area contributed by atoms with Crippen molar-refractivity contribution in [3.8, 4) is 0 Å². The quantitative estimate of drug-likeness (QED) is 0.691. The molecule has 2 atom stereocenters. The Morgan fingerprint density at radius 3 is 2.18 bits per heavy atom. The third-order valence-electron chi connectivity index (χ3n) is 6.31. The molecule has 3 heterocycles. The van der Waals surface area contributed by atoms with Gasteiger partial charge in [0.15, 0.2) is 5.76 Å². The summed E-state index contributed by atoms with van der Waals surface area (Å²) in [4.78, 5) is 27.2. The summed E-state index contributed by atoms with van der Waals surface area (Å²) in [6, 6.07) is 7.82. The van der Waals surface area contributed by atoms with E-state index in [1.807, 2.05) is 20.8 Å². The SMILES string of the molecule is Cc1ccoc1C(=O)NC1CCN(C(=O)c2ccc(S(=O)(=O)N3CC(C)OC(C)C3)cc2)CC1. The Morgan fingerprint density at radius 2 is 1.62 bits per heavy atom. The Morgan fingerprint density at radius 1 is 1.00 bits per heavy atom. The number of nitrogens with one attached hydrogen (secondary N) is 1. The molecule has 0 aliphatic carbocycles. The molecule has 2 aliphatic rings. The van der Waals surface area contributed by atoms with E-state index in [1.165, 1.54) is 22.7 Å². The summed E-state index contributed by atoms with van der Waals surface area (Å²) in [6.45, 7) is 7.14. The number of furan rings is 1. The van der Waals surface area contributed by atoms with Gasteiger partial charge in [-0.1, -0.05) is 0 Å². The van der Waals surface area contributed by atoms with E-state index in [-0.39, 0.29) is 35.0 Å². The summed E-state index contributed by atoms with van der Waals surface area (Å²) in [5.74, 6) is -0.0770. The average Bonchev–Trinajstić information content (AvgIpc) is 3.24. The zero-order valence-corrected chi connectivity index (χ0v) is 20.5. The number of benzene rings is 1. The van der Waals surface area contributed by atoms with Gasteiger partial charge in [0.1, 0.15) is 0 Å². The van der Waals surface area contributed by atoms with Gasteiger partial charge in [-0.05, 0) is 63.9 Å². The maximum absolute atomic E-state index is 13.0. The lowest BCUT2D eigenvalue weighted by molar-refractivity contribution is -0.0440. The number of sulfonamides is 1. The van der Waals surface area contributed by atoms with E-state index in [4.69, 9.17) is 9.15 Å². The molecule has 0 bridgehead atoms. The van der Waals surface area contributed by atoms with Crippen molar-refractivity contribution >= 4 is 21.8 Å². The van der Waals surface area contributed by atoms with E-state index < -0.39 is 10.0 Å². The number of piperidine rings is 1. The van der Waals surface area contributed by atoms with Crippen LogP contribution >= 0.6 is 0 Å². The average molecular weight is 490 g/mol. The first-order valence-corrected chi connectivity index (χ1v) is 13.0. The van der Waals surface area contributed by atoms with Crippen LogP contribution in [0.2, 0.25) is 0 Å². The second kappa shape index (κ2) is 9.89. The van der Waals surface area contributed by atoms with E-state index in [0.29, 0.717) is 50.3 Å². The maximum Gasteiger partial charge on any atom is 0.287 e. The number of carbonyl (C=O) groups is 2. The van der Waals surface area contributed by atoms with E-state index in [0.717, 1.165) is 5.56 Å². The van der Waals surface area contributed by atoms with Crippen molar-refractivity contribution < 1.29 is 27.2 Å². The predicted molar refractivity (Wildman–Crippen MR) is 125 cm³/mol. The highest BCUT2D eigenvalue weighted by molar-refractivity contribution is 7.89. The summed E-state index contributed by atoms with van der Waals surface area (Å²) < 4.78 is 38.4. The van der Waals surface area contributed by atoms with Gasteiger partial charge in [0.05, 0.1) is 23.4 Å². The summed E-state index contributed by atoms with van der Waals surface area (Å²) in [5.41, 5.74) is 1.23. The van der Waals surface area contributed by atoms with Crippen molar-refractivity contribution in [3.63, 3.8) is 0 Å². The lowest BCUT2D eigenvalue weighted by Crippen LogP contribution is -2.48. The minimum Gasteiger partial charge on any atom is -0.459 e. The molecule has 4 rings (SSSR count). The van der Waals surface area contributed by atoms with Crippen LogP contribution in [0.5, 0.6) is 0 Å². The van der Waals surface area contributed by atoms with Gasteiger partial charge in [-0.3, -0.25) is 9.59 Å². The van der Waals surface area contributed by atoms with E-state index in [9.17, 15) is 18.0 Å². The third-order valence-corrected chi connectivity index (χ3v) is 8.16. The number of aryl methyl sites for hydroxylation is 1. The number of ether oxygens (including phenoxy) is 1. The molecule has 184 valence electrons. The van der Waals surface area contributed by atoms with Gasteiger partial charge in [-0.2, -0.15) is 4.31 Å². The van der Waals surface area contributed by atoms with Gasteiger partial charge < -0.3 is 19.4 Å². The van der Waals surface area contributed by atoms with Crippen molar-refractivity contribution in [2.75, 3.05) is 26.2 Å². The Labute approximate surface area is 200 Å². The molecule has 2 unspecified atom stereocenters. The van der Waals surface area contributed by atoms with Crippen LogP contribution in [0.3, 0.4) is 0 Å². The molecule has 1 aromatic heterocycles. The Bertz CT molecular complexity index is 1130. The standard InChI is InChI=1S/C24H31N3O6S/c1-16-10-13-32-22(16)23(28)25-20-8-11-26(12-9-20)24(29)19-4-6-21(7-5-19)34(30,31)27-14-17(2)33-18(3)15-27/h4-7,10,13,17-18,20H,8-9,11-12,14-15H2,1-3H3,(H,25,28). The van der Waals surface area contributed by atoms with E-state index in [1.54, 1.807) is 23.1 Å². The molecule has 0 spiro atoms. The molecule has 2 saturated heterocycles. The maximum atomic E-state index is 13.0. The molecule has 10 heteroatoms. The Balaban J connectivity index is 1.34. The van der Waals surface area contributed by atoms with Gasteiger partial charge in [0, 0.05) is 43.3 Å². The van der Waals surface area contributed by atoms with Crippen LogP contribution in [0.15, 0.2) is 45.9 Å². The monoisotopic (exact) mass is 489 g/mol. The first kappa shape index (κ1) is 24.4. The zero-order valence-electron chi connectivity index (χ0n) is 19.7. The van der Waals surface area contributed by atoms with Crippen LogP contribution in [0, 0.1) is 6.92 Å². The number of amides is 2. The fourth-order valence-corrected chi connectivity index (χ4v) is 6.10. The van der Waals surface area contributed by atoms with Gasteiger partial charge in [0.2, 0.25) is 10.0 Å². The number of carbonyl (C=O) groups excluding carboxylic acids is 2. The fraction of sp³-hybridized carbons (Fsp3) is 0.500. The number of morpholine rings is 1. The van der Waals surface area contributed by atoms with Crippen LogP contribution in [0.1, 0.15) is 53.2 Å². The van der Waals surface area contributed by atoms with Gasteiger partial charge in [-0.25, -0.2) is 8.42 Å². The Kier molecular flexibility index (Phi) is 7.11. The molecular weight excluding hydrogens is 458 g/mol. The zero-order chi connectivity index (χ0) is 24.5. The summed E-state index contributed by atoms with van der Waals surface area (Å²) >= 11 is 0. The molecule has 0 saturated carbocycles. The van der Waals surface area contributed by atoms with Crippen molar-refractivity contribution in [3.05, 3.63) is 53.5 Å². The number of hydrogen-bond acceptors (Lipinski definition) is 6. The third kappa shape index (κ3) is 5.18. The van der Waals surface area contributed by atoms with Crippen LogP contribution in [0.4, 0.5) is 0 Å². The largest absolute Gasteiger partial charge is 0.459 e. The molecule has 1 aromatic carbocycles. The highest BCUT2D eigenvalue weighted by atomic mass is 32.2. The minimum atomic E-state index is -3.66. The molecule has 34 heavy (non-hydrogen) atoms. The van der Waals surface area contributed by atoms with E-state index in [2.05, 4.69) is 5.32 Å². The molecule has 2 aliphatic heterocycles. The number of nitrogens with zero attached hydrogens (tertiary/aromatic N) is 2. The van der Waals surface area contributed by atoms with Crippen molar-refractivity contribution in [1.29, 1.82) is 0 Å². The number of rotatable bonds is 5. The second-order valence-corrected chi connectivity index (χ2v) is 11.0. The first-order valence-electron chi connectivity index (χ1n) is 11.5. The van der Waals surface area contributed by atoms with Gasteiger partial charge in [0.25, 0.3) is 11.8 Å². The smallest absolute Gasteiger partial charge is 0.287 e. The van der Waals surface area contributed by atoms with Crippen LogP contribution in [-0.4, -0.2) is 73.9 Å². The topological polar surface area (TPSA) is 109 Å². The summed E-state index contributed by atoms with van der Waals surface area (Å²) in [6.07, 6.45) is 2.42. The molecule has 9 nitrogen and oxygen atoms in total. The highest BCUT2D eigenvalue weighted by Gasteiger charge is 2.32. The van der Waals surface area contributed by atoms with Gasteiger partial charge in [-0.15, -0.1) is 0 Å². The molecule has 2 aromatic rings. The van der Waals surface area contributed by atoms with Gasteiger partial charge >= 0.3 is 0 Å². The molecular formula is C24H31N3O6S. The predicted octanol–water partition coefficient (Wildman–Crippen LogP) is 2.42. The lowest BCUT2D eigenvalue weighted by Gasteiger charge is -2.34. The van der Waals surface area contributed by atoms with Crippen molar-refractivity contribution in [1.82, 2.24) is 14.5 Å². The highest BCUT2D eigenvalue weighted by Crippen LogP contribution is 2.22. The fourth-order valence-electron chi connectivity index (χ4n) is 4.51. The first-order chi connectivity index (χ1) is 16.1. The summed E-state index contributed by atoms with van der Waals surface area (Å²) in [7, 11) is -3.66. The van der Waals surface area contributed by atoms with Crippen LogP contribution in [-0.2, 0) is 14.8 Å². The number of hydrogen-bond donors (Lipinski definition) is 1. The molecule has 2 fully saturated rings. The van der Waals surface area contributed by atoms with Crippen molar-refractivity contribution in [2.24, 2.45) is 0 Å². The summed E-state index contributed by atoms with van der Waals surface area (Å²) in [5, 5.41) is 2.97. The molecule has 0 radical (unpaired) electrons. The second-order valence-electron chi connectivity index (χ2n) is 9.08. The minimum absolute atomic E-state index is 0.0353. The lowest BCUT2D eigenvalue weighted by atomic mass is 10.0.